The van der Waals surface area contributed by atoms with E-state index in [0.29, 0.717) is 0 Å². The number of benzene rings is 1. The minimum absolute atomic E-state index is 1.03. The van der Waals surface area contributed by atoms with Crippen LogP contribution in [0.4, 0.5) is 0 Å². The van der Waals surface area contributed by atoms with E-state index in [1.165, 1.54) is 5.30 Å². The second-order valence-corrected chi connectivity index (χ2v) is 8.69. The summed E-state index contributed by atoms with van der Waals surface area (Å²) >= 11 is 0. The summed E-state index contributed by atoms with van der Waals surface area (Å²) in [5.41, 5.74) is 0. The number of hydrogen-bond donors (Lipinski definition) is 0. The molecule has 10 heavy (non-hydrogen) atoms. The van der Waals surface area contributed by atoms with Crippen molar-refractivity contribution in [2.75, 3.05) is 20.0 Å². The van der Waals surface area contributed by atoms with E-state index < -0.39 is 7.26 Å². The van der Waals surface area contributed by atoms with E-state index in [2.05, 4.69) is 50.3 Å². The molecule has 0 aromatic heterocycles. The molecule has 1 aromatic carbocycles. The van der Waals surface area contributed by atoms with Gasteiger partial charge in [0.15, 0.2) is 0 Å². The van der Waals surface area contributed by atoms with Crippen LogP contribution in [0.2, 0.25) is 0 Å². The molecule has 0 aliphatic heterocycles. The van der Waals surface area contributed by atoms with E-state index in [0.717, 1.165) is 0 Å². The minimum atomic E-state index is -1.03. The van der Waals surface area contributed by atoms with Crippen LogP contribution in [0.3, 0.4) is 0 Å². The molecule has 0 heterocycles. The van der Waals surface area contributed by atoms with Crippen LogP contribution in [0.15, 0.2) is 30.3 Å². The maximum atomic E-state index is 2.36. The second-order valence-electron chi connectivity index (χ2n) is 3.62. The van der Waals surface area contributed by atoms with Gasteiger partial charge < -0.3 is 0 Å². The molecule has 0 nitrogen and oxygen atoms in total. The summed E-state index contributed by atoms with van der Waals surface area (Å²) in [4.78, 5) is 0. The van der Waals surface area contributed by atoms with Crippen LogP contribution in [0.25, 0.3) is 0 Å². The Kier molecular flexibility index (Phi) is 2.11. The van der Waals surface area contributed by atoms with Gasteiger partial charge in [0.25, 0.3) is 0 Å². The Morgan fingerprint density at radius 1 is 0.900 bits per heavy atom. The zero-order valence-electron chi connectivity index (χ0n) is 6.89. The average molecular weight is 154 g/mol. The predicted molar refractivity (Wildman–Crippen MR) is 52.2 cm³/mol. The molecular weight excluding hydrogens is 139 g/mol. The molecule has 1 aromatic rings. The van der Waals surface area contributed by atoms with E-state index in [1.807, 2.05) is 0 Å². The second kappa shape index (κ2) is 2.72. The third-order valence-electron chi connectivity index (χ3n) is 1.64. The van der Waals surface area contributed by atoms with Crippen molar-refractivity contribution in [1.29, 1.82) is 0 Å². The van der Waals surface area contributed by atoms with Crippen molar-refractivity contribution in [3.63, 3.8) is 0 Å². The quantitative estimate of drug-likeness (QED) is 0.542. The molecule has 0 aliphatic carbocycles. The Hall–Kier alpha value is -0.350. The van der Waals surface area contributed by atoms with E-state index in [4.69, 9.17) is 0 Å². The molecule has 1 rings (SSSR count). The summed E-state index contributed by atoms with van der Waals surface area (Å²) in [6.45, 7) is 7.09. The van der Waals surface area contributed by atoms with Gasteiger partial charge in [0, 0.05) is 0 Å². The van der Waals surface area contributed by atoms with Crippen molar-refractivity contribution in [3.8, 4) is 0 Å². The molecule has 0 spiro atoms. The Balaban J connectivity index is 2.97. The van der Waals surface area contributed by atoms with Crippen LogP contribution >= 0.6 is 7.26 Å². The predicted octanol–water partition coefficient (Wildman–Crippen LogP) is 1.95. The summed E-state index contributed by atoms with van der Waals surface area (Å²) in [5.74, 6) is 0. The topological polar surface area (TPSA) is 0 Å². The zero-order valence-corrected chi connectivity index (χ0v) is 7.89. The molecule has 0 saturated carbocycles. The van der Waals surface area contributed by atoms with Crippen molar-refractivity contribution in [2.45, 2.75) is 0 Å². The third-order valence-corrected chi connectivity index (χ3v) is 3.71. The van der Waals surface area contributed by atoms with Crippen LogP contribution in [0, 0.1) is 0 Å². The van der Waals surface area contributed by atoms with Crippen LogP contribution in [0.1, 0.15) is 0 Å². The summed E-state index contributed by atoms with van der Waals surface area (Å²) < 4.78 is 0. The van der Waals surface area contributed by atoms with Crippen LogP contribution in [-0.2, 0) is 0 Å². The van der Waals surface area contributed by atoms with E-state index in [-0.39, 0.29) is 0 Å². The molecule has 0 radical (unpaired) electrons. The van der Waals surface area contributed by atoms with Gasteiger partial charge in [-0.05, 0) is 0 Å². The zero-order chi connectivity index (χ0) is 7.61. The van der Waals surface area contributed by atoms with Gasteiger partial charge in [0.2, 0.25) is 0 Å². The molecule has 56 valence electrons. The SMILES string of the molecule is C[PH](C)(C)c1ccccc1. The Bertz CT molecular complexity index is 196. The Morgan fingerprint density at radius 2 is 1.40 bits per heavy atom. The van der Waals surface area contributed by atoms with Gasteiger partial charge in [-0.15, -0.1) is 0 Å². The van der Waals surface area contributed by atoms with Crippen LogP contribution in [0.5, 0.6) is 0 Å². The standard InChI is InChI=1S/C9H15P/c1-10(2,3)9-7-5-4-6-8-9/h4-8,10H,1-3H3. The normalized spacial score (nSPS) is 13.1. The number of rotatable bonds is 1. The van der Waals surface area contributed by atoms with Gasteiger partial charge in [0.05, 0.1) is 0 Å². The van der Waals surface area contributed by atoms with E-state index >= 15 is 0 Å². The molecule has 1 heteroatoms. The molecular formula is C9H15P. The van der Waals surface area contributed by atoms with Crippen molar-refractivity contribution in [1.82, 2.24) is 0 Å². The van der Waals surface area contributed by atoms with E-state index in [1.54, 1.807) is 0 Å². The van der Waals surface area contributed by atoms with Gasteiger partial charge in [-0.2, -0.15) is 0 Å². The van der Waals surface area contributed by atoms with Crippen molar-refractivity contribution in [2.24, 2.45) is 0 Å². The fourth-order valence-electron chi connectivity index (χ4n) is 0.938. The molecule has 0 aliphatic rings. The maximum absolute atomic E-state index is 2.36. The van der Waals surface area contributed by atoms with Crippen molar-refractivity contribution >= 4 is 12.6 Å². The average Bonchev–Trinajstić information content (AvgIpc) is 1.88. The van der Waals surface area contributed by atoms with Crippen molar-refractivity contribution in [3.05, 3.63) is 30.3 Å². The molecule has 0 amide bonds. The first kappa shape index (κ1) is 7.75. The van der Waals surface area contributed by atoms with E-state index in [9.17, 15) is 0 Å². The van der Waals surface area contributed by atoms with Gasteiger partial charge in [-0.3, -0.25) is 0 Å². The molecule has 0 atom stereocenters. The van der Waals surface area contributed by atoms with Crippen LogP contribution in [-0.4, -0.2) is 20.0 Å². The van der Waals surface area contributed by atoms with Gasteiger partial charge in [-0.1, -0.05) is 0 Å². The fourth-order valence-corrected chi connectivity index (χ4v) is 2.13. The number of hydrogen-bond acceptors (Lipinski definition) is 0. The first-order valence-electron chi connectivity index (χ1n) is 3.66. The molecule has 0 saturated heterocycles. The van der Waals surface area contributed by atoms with Gasteiger partial charge in [-0.25, -0.2) is 0 Å². The Morgan fingerprint density at radius 3 is 1.70 bits per heavy atom. The Labute approximate surface area is 63.6 Å². The molecule has 0 fully saturated rings. The first-order chi connectivity index (χ1) is 4.61. The third kappa shape index (κ3) is 1.82. The van der Waals surface area contributed by atoms with Crippen LogP contribution < -0.4 is 5.30 Å². The van der Waals surface area contributed by atoms with Gasteiger partial charge in [0.1, 0.15) is 0 Å². The van der Waals surface area contributed by atoms with Crippen molar-refractivity contribution < 1.29 is 0 Å². The summed E-state index contributed by atoms with van der Waals surface area (Å²) in [6, 6.07) is 10.8. The molecule has 0 N–H and O–H groups in total. The molecule has 0 bridgehead atoms. The first-order valence-corrected chi connectivity index (χ1v) is 7.16. The fraction of sp³-hybridized carbons (Fsp3) is 0.333. The summed E-state index contributed by atoms with van der Waals surface area (Å²) in [5, 5.41) is 1.54. The molecule has 0 unspecified atom stereocenters. The monoisotopic (exact) mass is 154 g/mol. The van der Waals surface area contributed by atoms with Gasteiger partial charge >= 0.3 is 62.9 Å². The summed E-state index contributed by atoms with van der Waals surface area (Å²) in [7, 11) is -1.03. The summed E-state index contributed by atoms with van der Waals surface area (Å²) in [6.07, 6.45) is 0.